The summed E-state index contributed by atoms with van der Waals surface area (Å²) in [7, 11) is 1.58. The average molecular weight is 332 g/mol. The van der Waals surface area contributed by atoms with Crippen LogP contribution in [0.2, 0.25) is 0 Å². The predicted molar refractivity (Wildman–Crippen MR) is 84.0 cm³/mol. The van der Waals surface area contributed by atoms with Crippen LogP contribution in [-0.4, -0.2) is 50.2 Å². The lowest BCUT2D eigenvalue weighted by molar-refractivity contribution is -0.384. The van der Waals surface area contributed by atoms with Gasteiger partial charge in [0.2, 0.25) is 0 Å². The molecule has 0 saturated carbocycles. The van der Waals surface area contributed by atoms with Crippen LogP contribution in [0.1, 0.15) is 23.3 Å². The fourth-order valence-electron chi connectivity index (χ4n) is 2.07. The number of nitro groups is 1. The molecule has 9 heteroatoms. The van der Waals surface area contributed by atoms with Crippen molar-refractivity contribution in [3.05, 3.63) is 52.3 Å². The Kier molecular flexibility index (Phi) is 5.25. The molecule has 0 aliphatic rings. The molecule has 0 atom stereocenters. The molecule has 1 heterocycles. The van der Waals surface area contributed by atoms with Crippen LogP contribution >= 0.6 is 0 Å². The lowest BCUT2D eigenvalue weighted by Gasteiger charge is -2.14. The van der Waals surface area contributed by atoms with Gasteiger partial charge >= 0.3 is 5.97 Å². The van der Waals surface area contributed by atoms with Gasteiger partial charge in [0.15, 0.2) is 5.69 Å². The molecule has 1 amide bonds. The van der Waals surface area contributed by atoms with E-state index in [1.807, 2.05) is 0 Å². The Morgan fingerprint density at radius 1 is 1.29 bits per heavy atom. The molecule has 0 aliphatic carbocycles. The number of nitro benzene ring substituents is 1. The van der Waals surface area contributed by atoms with Gasteiger partial charge in [-0.3, -0.25) is 19.7 Å². The number of carbonyl (C=O) groups excluding carboxylic acids is 1. The van der Waals surface area contributed by atoms with Gasteiger partial charge in [-0.25, -0.2) is 4.68 Å². The molecule has 9 nitrogen and oxygen atoms in total. The number of carboxylic acids is 1. The van der Waals surface area contributed by atoms with Crippen LogP contribution in [0, 0.1) is 10.1 Å². The number of carbonyl (C=O) groups is 2. The molecule has 0 fully saturated rings. The highest BCUT2D eigenvalue weighted by molar-refractivity contribution is 5.92. The molecule has 0 radical (unpaired) electrons. The SMILES string of the molecule is CN(CCCC(=O)O)C(=O)c1ccn(-c2ccc([N+](=O)[O-])cc2)n1. The van der Waals surface area contributed by atoms with Crippen LogP contribution < -0.4 is 0 Å². The number of benzene rings is 1. The topological polar surface area (TPSA) is 119 Å². The van der Waals surface area contributed by atoms with E-state index in [2.05, 4.69) is 5.10 Å². The minimum absolute atomic E-state index is 0.00510. The van der Waals surface area contributed by atoms with Crippen molar-refractivity contribution >= 4 is 17.6 Å². The lowest BCUT2D eigenvalue weighted by Crippen LogP contribution is -2.28. The zero-order valence-electron chi connectivity index (χ0n) is 13.0. The molecule has 0 saturated heterocycles. The minimum atomic E-state index is -0.904. The monoisotopic (exact) mass is 332 g/mol. The summed E-state index contributed by atoms with van der Waals surface area (Å²) in [6, 6.07) is 7.33. The second kappa shape index (κ2) is 7.36. The summed E-state index contributed by atoms with van der Waals surface area (Å²) in [5.74, 6) is -1.22. The van der Waals surface area contributed by atoms with Crippen molar-refractivity contribution in [2.45, 2.75) is 12.8 Å². The number of nitrogens with zero attached hydrogens (tertiary/aromatic N) is 4. The van der Waals surface area contributed by atoms with Gasteiger partial charge < -0.3 is 10.0 Å². The average Bonchev–Trinajstić information content (AvgIpc) is 3.03. The largest absolute Gasteiger partial charge is 0.481 e. The van der Waals surface area contributed by atoms with Crippen LogP contribution in [0.25, 0.3) is 5.69 Å². The zero-order valence-corrected chi connectivity index (χ0v) is 13.0. The van der Waals surface area contributed by atoms with Gasteiger partial charge in [-0.15, -0.1) is 0 Å². The van der Waals surface area contributed by atoms with Gasteiger partial charge in [-0.2, -0.15) is 5.10 Å². The van der Waals surface area contributed by atoms with Crippen LogP contribution in [0.3, 0.4) is 0 Å². The molecule has 1 aromatic heterocycles. The summed E-state index contributed by atoms with van der Waals surface area (Å²) < 4.78 is 1.45. The van der Waals surface area contributed by atoms with Gasteiger partial charge in [-0.1, -0.05) is 0 Å². The summed E-state index contributed by atoms with van der Waals surface area (Å²) in [6.45, 7) is 0.315. The van der Waals surface area contributed by atoms with Crippen molar-refractivity contribution < 1.29 is 19.6 Å². The van der Waals surface area contributed by atoms with Crippen molar-refractivity contribution in [1.82, 2.24) is 14.7 Å². The highest BCUT2D eigenvalue weighted by Crippen LogP contribution is 2.15. The summed E-state index contributed by atoms with van der Waals surface area (Å²) in [5.41, 5.74) is 0.778. The first kappa shape index (κ1) is 17.1. The maximum absolute atomic E-state index is 12.2. The molecule has 0 aliphatic heterocycles. The number of aliphatic carboxylic acids is 1. The molecule has 0 spiro atoms. The minimum Gasteiger partial charge on any atom is -0.481 e. The third-order valence-electron chi connectivity index (χ3n) is 3.36. The highest BCUT2D eigenvalue weighted by atomic mass is 16.6. The molecule has 126 valence electrons. The van der Waals surface area contributed by atoms with Gasteiger partial charge in [-0.05, 0) is 24.6 Å². The van der Waals surface area contributed by atoms with E-state index in [4.69, 9.17) is 5.11 Å². The van der Waals surface area contributed by atoms with Gasteiger partial charge in [0.05, 0.1) is 10.6 Å². The number of hydrogen-bond donors (Lipinski definition) is 1. The Morgan fingerprint density at radius 2 is 1.96 bits per heavy atom. The first-order valence-corrected chi connectivity index (χ1v) is 7.16. The fraction of sp³-hybridized carbons (Fsp3) is 0.267. The van der Waals surface area contributed by atoms with Gasteiger partial charge in [0, 0.05) is 38.3 Å². The van der Waals surface area contributed by atoms with E-state index in [1.54, 1.807) is 13.2 Å². The van der Waals surface area contributed by atoms with Crippen molar-refractivity contribution in [3.8, 4) is 5.69 Å². The third-order valence-corrected chi connectivity index (χ3v) is 3.36. The van der Waals surface area contributed by atoms with Crippen LogP contribution in [0.4, 0.5) is 5.69 Å². The smallest absolute Gasteiger partial charge is 0.303 e. The Bertz CT molecular complexity index is 753. The van der Waals surface area contributed by atoms with Crippen LogP contribution in [0.5, 0.6) is 0 Å². The van der Waals surface area contributed by atoms with E-state index in [-0.39, 0.29) is 23.7 Å². The number of rotatable bonds is 7. The van der Waals surface area contributed by atoms with E-state index in [0.29, 0.717) is 18.7 Å². The Balaban J connectivity index is 2.05. The second-order valence-electron chi connectivity index (χ2n) is 5.14. The molecular weight excluding hydrogens is 316 g/mol. The quantitative estimate of drug-likeness (QED) is 0.609. The van der Waals surface area contributed by atoms with E-state index in [9.17, 15) is 19.7 Å². The van der Waals surface area contributed by atoms with E-state index >= 15 is 0 Å². The normalized spacial score (nSPS) is 10.4. The number of amides is 1. The summed E-state index contributed by atoms with van der Waals surface area (Å²) in [6.07, 6.45) is 1.94. The summed E-state index contributed by atoms with van der Waals surface area (Å²) in [4.78, 5) is 34.3. The number of hydrogen-bond acceptors (Lipinski definition) is 5. The molecule has 1 N–H and O–H groups in total. The molecule has 2 rings (SSSR count). The highest BCUT2D eigenvalue weighted by Gasteiger charge is 2.15. The fourth-order valence-corrected chi connectivity index (χ4v) is 2.07. The van der Waals surface area contributed by atoms with Crippen LogP contribution in [0.15, 0.2) is 36.5 Å². The van der Waals surface area contributed by atoms with E-state index in [1.165, 1.54) is 39.9 Å². The Morgan fingerprint density at radius 3 is 2.54 bits per heavy atom. The van der Waals surface area contributed by atoms with Crippen LogP contribution in [-0.2, 0) is 4.79 Å². The Hall–Kier alpha value is -3.23. The third kappa shape index (κ3) is 4.15. The second-order valence-corrected chi connectivity index (χ2v) is 5.14. The predicted octanol–water partition coefficient (Wildman–Crippen LogP) is 1.72. The molecule has 1 aromatic carbocycles. The first-order valence-electron chi connectivity index (χ1n) is 7.16. The zero-order chi connectivity index (χ0) is 17.7. The standard InChI is InChI=1S/C15H16N4O5/c1-17(9-2-3-14(20)21)15(22)13-8-10-18(16-13)11-4-6-12(7-5-11)19(23)24/h4-8,10H,2-3,9H2,1H3,(H,20,21). The van der Waals surface area contributed by atoms with Crippen molar-refractivity contribution in [2.75, 3.05) is 13.6 Å². The van der Waals surface area contributed by atoms with Crippen molar-refractivity contribution in [1.29, 1.82) is 0 Å². The maximum atomic E-state index is 12.2. The van der Waals surface area contributed by atoms with Gasteiger partial charge in [0.1, 0.15) is 0 Å². The first-order chi connectivity index (χ1) is 11.4. The Labute approximate surface area is 137 Å². The maximum Gasteiger partial charge on any atom is 0.303 e. The molecule has 24 heavy (non-hydrogen) atoms. The van der Waals surface area contributed by atoms with Crippen molar-refractivity contribution in [2.24, 2.45) is 0 Å². The van der Waals surface area contributed by atoms with Gasteiger partial charge in [0.25, 0.3) is 11.6 Å². The number of aromatic nitrogens is 2. The molecule has 0 bridgehead atoms. The number of non-ortho nitro benzene ring substituents is 1. The molecule has 2 aromatic rings. The summed E-state index contributed by atoms with van der Waals surface area (Å²) in [5, 5.41) is 23.4. The van der Waals surface area contributed by atoms with Crippen molar-refractivity contribution in [3.63, 3.8) is 0 Å². The molecule has 0 unspecified atom stereocenters. The van der Waals surface area contributed by atoms with E-state index in [0.717, 1.165) is 0 Å². The lowest BCUT2D eigenvalue weighted by atomic mass is 10.3. The summed E-state index contributed by atoms with van der Waals surface area (Å²) >= 11 is 0. The molecular formula is C15H16N4O5. The van der Waals surface area contributed by atoms with E-state index < -0.39 is 10.9 Å². The number of carboxylic acid groups (broad SMARTS) is 1.